The number of nitrogens with zero attached hydrogens (tertiary/aromatic N) is 4. The topological polar surface area (TPSA) is 55.6 Å². The van der Waals surface area contributed by atoms with Crippen molar-refractivity contribution >= 4 is 32.7 Å². The fraction of sp³-hybridized carbons (Fsp3) is 0.214. The molecular weight excluding hydrogens is 318 g/mol. The minimum absolute atomic E-state index is 0.872. The summed E-state index contributed by atoms with van der Waals surface area (Å²) in [6.45, 7) is 1.78. The molecule has 0 aromatic carbocycles. The number of halogens is 1. The number of pyridine rings is 2. The lowest BCUT2D eigenvalue weighted by Crippen LogP contribution is -2.07. The molecule has 0 saturated carbocycles. The predicted octanol–water partition coefficient (Wildman–Crippen LogP) is 3.09. The van der Waals surface area contributed by atoms with Crippen molar-refractivity contribution in [1.29, 1.82) is 0 Å². The Morgan fingerprint density at radius 2 is 2.20 bits per heavy atom. The molecule has 3 aromatic heterocycles. The number of aryl methyl sites for hydroxylation is 1. The predicted molar refractivity (Wildman–Crippen MR) is 82.6 cm³/mol. The first-order valence-electron chi connectivity index (χ1n) is 6.44. The van der Waals surface area contributed by atoms with E-state index in [-0.39, 0.29) is 0 Å². The van der Waals surface area contributed by atoms with Gasteiger partial charge in [0, 0.05) is 42.3 Å². The van der Waals surface area contributed by atoms with Gasteiger partial charge in [-0.25, -0.2) is 0 Å². The first-order valence-corrected chi connectivity index (χ1v) is 7.24. The van der Waals surface area contributed by atoms with Crippen LogP contribution in [-0.2, 0) is 6.54 Å². The van der Waals surface area contributed by atoms with E-state index in [4.69, 9.17) is 0 Å². The van der Waals surface area contributed by atoms with Crippen molar-refractivity contribution in [2.45, 2.75) is 13.0 Å². The molecule has 0 bridgehead atoms. The summed E-state index contributed by atoms with van der Waals surface area (Å²) in [7, 11) is 0. The lowest BCUT2D eigenvalue weighted by molar-refractivity contribution is 0.592. The van der Waals surface area contributed by atoms with Gasteiger partial charge in [-0.05, 0) is 40.5 Å². The van der Waals surface area contributed by atoms with Crippen molar-refractivity contribution in [3.8, 4) is 0 Å². The summed E-state index contributed by atoms with van der Waals surface area (Å²) < 4.78 is 2.87. The molecule has 0 saturated heterocycles. The van der Waals surface area contributed by atoms with E-state index >= 15 is 0 Å². The summed E-state index contributed by atoms with van der Waals surface area (Å²) in [5.41, 5.74) is 2.80. The molecule has 0 spiro atoms. The van der Waals surface area contributed by atoms with Crippen LogP contribution in [-0.4, -0.2) is 26.3 Å². The molecule has 0 radical (unpaired) electrons. The quantitative estimate of drug-likeness (QED) is 0.730. The molecule has 0 amide bonds. The molecule has 102 valence electrons. The number of rotatable bonds is 5. The minimum atomic E-state index is 0.872. The van der Waals surface area contributed by atoms with E-state index < -0.39 is 0 Å². The van der Waals surface area contributed by atoms with Gasteiger partial charge in [0.2, 0.25) is 0 Å². The standard InChI is InChI=1S/C14H14BrN5/c15-11-9-13-14(18-10-11)12(3-6-17-13)16-4-1-7-20-8-2-5-19-20/h2-3,5-6,8-10H,1,4,7H2,(H,16,17). The maximum atomic E-state index is 4.42. The molecule has 0 unspecified atom stereocenters. The number of hydrogen-bond acceptors (Lipinski definition) is 4. The maximum absolute atomic E-state index is 4.42. The SMILES string of the molecule is Brc1cnc2c(NCCCn3cccn3)ccnc2c1. The van der Waals surface area contributed by atoms with Crippen LogP contribution >= 0.6 is 15.9 Å². The van der Waals surface area contributed by atoms with E-state index in [1.807, 2.05) is 29.1 Å². The molecule has 3 rings (SSSR count). The van der Waals surface area contributed by atoms with Crippen molar-refractivity contribution in [3.05, 3.63) is 47.5 Å². The number of nitrogens with one attached hydrogen (secondary N) is 1. The van der Waals surface area contributed by atoms with Crippen LogP contribution in [0.1, 0.15) is 6.42 Å². The van der Waals surface area contributed by atoms with E-state index in [1.54, 1.807) is 18.6 Å². The second-order valence-electron chi connectivity index (χ2n) is 4.43. The zero-order chi connectivity index (χ0) is 13.8. The Balaban J connectivity index is 1.65. The summed E-state index contributed by atoms with van der Waals surface area (Å²) in [4.78, 5) is 8.74. The van der Waals surface area contributed by atoms with E-state index in [0.29, 0.717) is 0 Å². The molecule has 0 aliphatic rings. The third kappa shape index (κ3) is 2.96. The molecule has 3 heterocycles. The third-order valence-electron chi connectivity index (χ3n) is 2.98. The molecule has 1 N–H and O–H groups in total. The van der Waals surface area contributed by atoms with Crippen LogP contribution in [0.15, 0.2) is 47.5 Å². The Morgan fingerprint density at radius 3 is 3.05 bits per heavy atom. The minimum Gasteiger partial charge on any atom is -0.383 e. The molecule has 20 heavy (non-hydrogen) atoms. The highest BCUT2D eigenvalue weighted by molar-refractivity contribution is 9.10. The number of hydrogen-bond donors (Lipinski definition) is 1. The largest absolute Gasteiger partial charge is 0.383 e. The van der Waals surface area contributed by atoms with Crippen molar-refractivity contribution < 1.29 is 0 Å². The van der Waals surface area contributed by atoms with Crippen LogP contribution in [0, 0.1) is 0 Å². The first-order chi connectivity index (χ1) is 9.83. The Hall–Kier alpha value is -1.95. The van der Waals surface area contributed by atoms with Crippen molar-refractivity contribution in [2.75, 3.05) is 11.9 Å². The molecule has 5 nitrogen and oxygen atoms in total. The summed E-state index contributed by atoms with van der Waals surface area (Å²) >= 11 is 3.41. The highest BCUT2D eigenvalue weighted by Crippen LogP contribution is 2.21. The zero-order valence-electron chi connectivity index (χ0n) is 10.8. The highest BCUT2D eigenvalue weighted by Gasteiger charge is 2.03. The Morgan fingerprint density at radius 1 is 1.25 bits per heavy atom. The number of fused-ring (bicyclic) bond motifs is 1. The molecule has 0 aliphatic carbocycles. The monoisotopic (exact) mass is 331 g/mol. The summed E-state index contributed by atoms with van der Waals surface area (Å²) in [5.74, 6) is 0. The van der Waals surface area contributed by atoms with Crippen molar-refractivity contribution in [3.63, 3.8) is 0 Å². The zero-order valence-corrected chi connectivity index (χ0v) is 12.4. The van der Waals surface area contributed by atoms with Crippen LogP contribution < -0.4 is 5.32 Å². The van der Waals surface area contributed by atoms with Gasteiger partial charge in [-0.2, -0.15) is 5.10 Å². The number of aromatic nitrogens is 4. The van der Waals surface area contributed by atoms with Gasteiger partial charge in [-0.15, -0.1) is 0 Å². The average Bonchev–Trinajstić information content (AvgIpc) is 2.96. The molecule has 3 aromatic rings. The van der Waals surface area contributed by atoms with Gasteiger partial charge >= 0.3 is 0 Å². The third-order valence-corrected chi connectivity index (χ3v) is 3.42. The van der Waals surface area contributed by atoms with Gasteiger partial charge in [0.25, 0.3) is 0 Å². The van der Waals surface area contributed by atoms with Crippen LogP contribution in [0.5, 0.6) is 0 Å². The van der Waals surface area contributed by atoms with Gasteiger partial charge in [0.05, 0.1) is 11.2 Å². The Bertz CT molecular complexity index is 696. The van der Waals surface area contributed by atoms with Crippen LogP contribution in [0.4, 0.5) is 5.69 Å². The second kappa shape index (κ2) is 6.00. The van der Waals surface area contributed by atoms with Crippen LogP contribution in [0.3, 0.4) is 0 Å². The van der Waals surface area contributed by atoms with Gasteiger partial charge in [-0.1, -0.05) is 0 Å². The smallest absolute Gasteiger partial charge is 0.112 e. The van der Waals surface area contributed by atoms with E-state index in [1.165, 1.54) is 0 Å². The van der Waals surface area contributed by atoms with Gasteiger partial charge in [0.1, 0.15) is 5.52 Å². The van der Waals surface area contributed by atoms with Gasteiger partial charge in [0.15, 0.2) is 0 Å². The Labute approximate surface area is 125 Å². The van der Waals surface area contributed by atoms with Crippen LogP contribution in [0.25, 0.3) is 11.0 Å². The highest BCUT2D eigenvalue weighted by atomic mass is 79.9. The second-order valence-corrected chi connectivity index (χ2v) is 5.34. The average molecular weight is 332 g/mol. The van der Waals surface area contributed by atoms with Gasteiger partial charge in [-0.3, -0.25) is 14.6 Å². The Kier molecular flexibility index (Phi) is 3.92. The molecule has 6 heteroatoms. The summed E-state index contributed by atoms with van der Waals surface area (Å²) in [6.07, 6.45) is 8.36. The summed E-state index contributed by atoms with van der Waals surface area (Å²) in [5, 5.41) is 7.59. The van der Waals surface area contributed by atoms with Gasteiger partial charge < -0.3 is 5.32 Å². The lowest BCUT2D eigenvalue weighted by Gasteiger charge is -2.08. The molecular formula is C14H14BrN5. The fourth-order valence-corrected chi connectivity index (χ4v) is 2.36. The van der Waals surface area contributed by atoms with Crippen molar-refractivity contribution in [2.24, 2.45) is 0 Å². The van der Waals surface area contributed by atoms with E-state index in [2.05, 4.69) is 36.3 Å². The molecule has 0 atom stereocenters. The summed E-state index contributed by atoms with van der Waals surface area (Å²) in [6, 6.07) is 5.86. The lowest BCUT2D eigenvalue weighted by atomic mass is 10.2. The molecule has 0 fully saturated rings. The molecule has 0 aliphatic heterocycles. The van der Waals surface area contributed by atoms with Crippen molar-refractivity contribution in [1.82, 2.24) is 19.7 Å². The maximum Gasteiger partial charge on any atom is 0.112 e. The number of anilines is 1. The van der Waals surface area contributed by atoms with E-state index in [0.717, 1.165) is 40.7 Å². The first kappa shape index (κ1) is 13.1. The normalized spacial score (nSPS) is 10.8. The van der Waals surface area contributed by atoms with Crippen LogP contribution in [0.2, 0.25) is 0 Å². The fourth-order valence-electron chi connectivity index (χ4n) is 2.05. The van der Waals surface area contributed by atoms with E-state index in [9.17, 15) is 0 Å².